The second-order valence-corrected chi connectivity index (χ2v) is 12.1. The van der Waals surface area contributed by atoms with Gasteiger partial charge in [0.1, 0.15) is 17.2 Å². The number of carbonyl (C=O) groups excluding carboxylic acids is 2. The van der Waals surface area contributed by atoms with Gasteiger partial charge in [0.25, 0.3) is 5.91 Å². The van der Waals surface area contributed by atoms with E-state index in [0.717, 1.165) is 48.1 Å². The number of likely N-dealkylation sites (tertiary alicyclic amines) is 1. The van der Waals surface area contributed by atoms with Gasteiger partial charge in [-0.2, -0.15) is 0 Å². The number of likely N-dealkylation sites (N-methyl/N-ethyl adjacent to an activating group) is 1. The lowest BCUT2D eigenvalue weighted by Crippen LogP contribution is -2.55. The number of imidazole rings is 1. The molecule has 12 heteroatoms. The van der Waals surface area contributed by atoms with E-state index in [1.807, 2.05) is 17.7 Å². The number of amidine groups is 1. The summed E-state index contributed by atoms with van der Waals surface area (Å²) in [6.07, 6.45) is 6.48. The molecule has 12 nitrogen and oxygen atoms in total. The molecule has 1 saturated heterocycles. The van der Waals surface area contributed by atoms with E-state index in [1.54, 1.807) is 48.2 Å². The summed E-state index contributed by atoms with van der Waals surface area (Å²) in [5.74, 6) is 0.250. The summed E-state index contributed by atoms with van der Waals surface area (Å²) in [4.78, 5) is 45.5. The lowest BCUT2D eigenvalue weighted by molar-refractivity contribution is -0.141. The van der Waals surface area contributed by atoms with Crippen LogP contribution >= 0.6 is 0 Å². The van der Waals surface area contributed by atoms with E-state index in [4.69, 9.17) is 20.9 Å². The number of ether oxygens (including phenoxy) is 1. The minimum atomic E-state index is -1.43. The first-order chi connectivity index (χ1) is 22.0. The Bertz CT molecular complexity index is 1550. The molecule has 1 aliphatic heterocycles. The van der Waals surface area contributed by atoms with Gasteiger partial charge in [-0.1, -0.05) is 69.4 Å². The maximum Gasteiger partial charge on any atom is 0.412 e. The van der Waals surface area contributed by atoms with Crippen molar-refractivity contribution in [2.45, 2.75) is 76.8 Å². The van der Waals surface area contributed by atoms with Gasteiger partial charge in [0, 0.05) is 32.7 Å². The molecule has 0 aliphatic carbocycles. The number of rotatable bonds is 13. The zero-order valence-corrected chi connectivity index (χ0v) is 27.3. The molecule has 1 fully saturated rings. The molecule has 5 N–H and O–H groups in total. The maximum atomic E-state index is 13.7. The molecule has 0 radical (unpaired) electrons. The molecule has 2 aromatic carbocycles. The molecular weight excluding hydrogens is 586 g/mol. The number of fused-ring (bicyclic) bond motifs is 1. The quantitative estimate of drug-likeness (QED) is 0.110. The Labute approximate surface area is 270 Å². The summed E-state index contributed by atoms with van der Waals surface area (Å²) in [7, 11) is 3.27. The second-order valence-electron chi connectivity index (χ2n) is 12.1. The third kappa shape index (κ3) is 7.50. The Morgan fingerprint density at radius 2 is 1.74 bits per heavy atom. The summed E-state index contributed by atoms with van der Waals surface area (Å²) >= 11 is 0. The van der Waals surface area contributed by atoms with Crippen LogP contribution in [0.5, 0.6) is 0 Å². The summed E-state index contributed by atoms with van der Waals surface area (Å²) in [6.45, 7) is 5.34. The molecule has 2 heterocycles. The lowest BCUT2D eigenvalue weighted by atomic mass is 9.88. The van der Waals surface area contributed by atoms with Crippen molar-refractivity contribution in [2.24, 2.45) is 12.8 Å². The number of aryl methyl sites for hydroxylation is 1. The van der Waals surface area contributed by atoms with Gasteiger partial charge in [0.05, 0.1) is 23.7 Å². The van der Waals surface area contributed by atoms with Gasteiger partial charge in [0.15, 0.2) is 0 Å². The topological polar surface area (TPSA) is 167 Å². The van der Waals surface area contributed by atoms with Crippen molar-refractivity contribution in [3.05, 3.63) is 65.0 Å². The van der Waals surface area contributed by atoms with Crippen LogP contribution in [0.1, 0.15) is 93.8 Å². The zero-order chi connectivity index (χ0) is 33.4. The van der Waals surface area contributed by atoms with Crippen LogP contribution in [-0.2, 0) is 22.1 Å². The minimum Gasteiger partial charge on any atom is -0.465 e. The van der Waals surface area contributed by atoms with Crippen LogP contribution in [0.3, 0.4) is 0 Å². The second kappa shape index (κ2) is 15.2. The van der Waals surface area contributed by atoms with E-state index in [2.05, 4.69) is 12.2 Å². The number of hydrogen-bond acceptors (Lipinski definition) is 7. The number of benzene rings is 2. The first-order valence-electron chi connectivity index (χ1n) is 16.1. The number of carboxylic acid groups (broad SMARTS) is 1. The van der Waals surface area contributed by atoms with Gasteiger partial charge in [-0.25, -0.2) is 14.6 Å². The summed E-state index contributed by atoms with van der Waals surface area (Å²) in [5, 5.41) is 20.6. The summed E-state index contributed by atoms with van der Waals surface area (Å²) < 4.78 is 7.10. The Balaban J connectivity index is 1.46. The number of unbranched alkanes of at least 4 members (excludes halogenated alkanes) is 5. The van der Waals surface area contributed by atoms with Crippen LogP contribution in [0.4, 0.5) is 9.59 Å². The van der Waals surface area contributed by atoms with Gasteiger partial charge in [0.2, 0.25) is 0 Å². The van der Waals surface area contributed by atoms with Crippen LogP contribution < -0.4 is 11.1 Å². The molecule has 0 bridgehead atoms. The Morgan fingerprint density at radius 1 is 1.09 bits per heavy atom. The Morgan fingerprint density at radius 3 is 2.39 bits per heavy atom. The number of aromatic nitrogens is 2. The van der Waals surface area contributed by atoms with Crippen molar-refractivity contribution >= 4 is 35.0 Å². The predicted octanol–water partition coefficient (Wildman–Crippen LogP) is 5.48. The van der Waals surface area contributed by atoms with E-state index >= 15 is 0 Å². The van der Waals surface area contributed by atoms with Crippen molar-refractivity contribution in [1.29, 1.82) is 5.41 Å². The minimum absolute atomic E-state index is 0.0683. The molecule has 0 spiro atoms. The monoisotopic (exact) mass is 633 g/mol. The number of nitrogens with zero attached hydrogens (tertiary/aromatic N) is 4. The zero-order valence-electron chi connectivity index (χ0n) is 27.3. The number of carbonyl (C=O) groups is 3. The van der Waals surface area contributed by atoms with Gasteiger partial charge in [-0.05, 0) is 49.4 Å². The Hall–Kier alpha value is -4.45. The third-order valence-electron chi connectivity index (χ3n) is 9.04. The molecule has 46 heavy (non-hydrogen) atoms. The molecule has 2 atom stereocenters. The normalized spacial score (nSPS) is 14.9. The summed E-state index contributed by atoms with van der Waals surface area (Å²) in [5.41, 5.74) is 8.39. The number of nitrogens with two attached hydrogens (primary N) is 1. The fourth-order valence-corrected chi connectivity index (χ4v) is 5.94. The van der Waals surface area contributed by atoms with Crippen LogP contribution in [-0.4, -0.2) is 75.1 Å². The van der Waals surface area contributed by atoms with Gasteiger partial charge < -0.3 is 25.0 Å². The van der Waals surface area contributed by atoms with Crippen LogP contribution in [0.15, 0.2) is 42.5 Å². The van der Waals surface area contributed by atoms with Crippen molar-refractivity contribution in [3.8, 4) is 0 Å². The molecular formula is C34H47N7O5. The smallest absolute Gasteiger partial charge is 0.412 e. The van der Waals surface area contributed by atoms with E-state index in [-0.39, 0.29) is 11.7 Å². The highest BCUT2D eigenvalue weighted by molar-refractivity contribution is 6.04. The fourth-order valence-electron chi connectivity index (χ4n) is 5.94. The average molecular weight is 634 g/mol. The lowest BCUT2D eigenvalue weighted by Gasteiger charge is -2.38. The first kappa shape index (κ1) is 34.4. The van der Waals surface area contributed by atoms with Crippen LogP contribution in [0, 0.1) is 5.41 Å². The number of alkyl carbamates (subject to hydrolysis) is 1. The number of amides is 3. The van der Waals surface area contributed by atoms with Crippen molar-refractivity contribution in [1.82, 2.24) is 24.7 Å². The van der Waals surface area contributed by atoms with Gasteiger partial charge >= 0.3 is 12.2 Å². The third-order valence-corrected chi connectivity index (χ3v) is 9.04. The maximum absolute atomic E-state index is 13.7. The standard InChI is InChI=1S/C34H47N7O5/c1-5-6-7-8-9-12-21-46-32(43)38-29(36)24-15-13-23(14-16-24)28(35)30-37-26-22-25(17-18-27(26)39(30)3)34(2,40(4)33(44)45)31(42)41-19-10-11-20-41/h13-18,22,28H,5-12,19-21,35H2,1-4H3,(H,44,45)(H2,36,38,43). The molecule has 248 valence electrons. The van der Waals surface area contributed by atoms with Crippen molar-refractivity contribution < 1.29 is 24.2 Å². The largest absolute Gasteiger partial charge is 0.465 e. The predicted molar refractivity (Wildman–Crippen MR) is 177 cm³/mol. The molecule has 4 rings (SSSR count). The van der Waals surface area contributed by atoms with Crippen LogP contribution in [0.2, 0.25) is 0 Å². The van der Waals surface area contributed by atoms with E-state index < -0.39 is 23.8 Å². The van der Waals surface area contributed by atoms with Gasteiger partial charge in [-0.15, -0.1) is 0 Å². The van der Waals surface area contributed by atoms with Crippen LogP contribution in [0.25, 0.3) is 11.0 Å². The van der Waals surface area contributed by atoms with E-state index in [1.165, 1.54) is 26.3 Å². The van der Waals surface area contributed by atoms with Crippen molar-refractivity contribution in [2.75, 3.05) is 26.7 Å². The number of nitrogens with one attached hydrogen (secondary N) is 2. The molecule has 0 saturated carbocycles. The molecule has 1 aliphatic rings. The van der Waals surface area contributed by atoms with Crippen molar-refractivity contribution in [3.63, 3.8) is 0 Å². The fraction of sp³-hybridized carbons (Fsp3) is 0.500. The molecule has 3 amide bonds. The SMILES string of the molecule is CCCCCCCCOC(=O)NC(=N)c1ccc(C(N)c2nc3cc(C(C)(C(=O)N4CCCC4)N(C)C(=O)O)ccc3n2C)cc1. The van der Waals surface area contributed by atoms with E-state index in [9.17, 15) is 19.5 Å². The highest BCUT2D eigenvalue weighted by Gasteiger charge is 2.45. The molecule has 2 unspecified atom stereocenters. The average Bonchev–Trinajstić information content (AvgIpc) is 3.71. The highest BCUT2D eigenvalue weighted by Crippen LogP contribution is 2.34. The number of hydrogen-bond donors (Lipinski definition) is 4. The summed E-state index contributed by atoms with van der Waals surface area (Å²) in [6, 6.07) is 11.8. The molecule has 3 aromatic rings. The highest BCUT2D eigenvalue weighted by atomic mass is 16.5. The van der Waals surface area contributed by atoms with E-state index in [0.29, 0.717) is 42.2 Å². The molecule has 1 aromatic heterocycles. The van der Waals surface area contributed by atoms with Gasteiger partial charge in [-0.3, -0.25) is 20.4 Å². The first-order valence-corrected chi connectivity index (χ1v) is 16.1. The Kier molecular flexibility index (Phi) is 11.4.